The first-order chi connectivity index (χ1) is 11.1. The fourth-order valence-electron chi connectivity index (χ4n) is 2.28. The number of para-hydroxylation sites is 2. The summed E-state index contributed by atoms with van der Waals surface area (Å²) in [6, 6.07) is 9.84. The van der Waals surface area contributed by atoms with Crippen molar-refractivity contribution in [2.24, 2.45) is 0 Å². The second-order valence-corrected chi connectivity index (χ2v) is 5.52. The molecule has 124 valence electrons. The van der Waals surface area contributed by atoms with Crippen molar-refractivity contribution in [3.63, 3.8) is 0 Å². The van der Waals surface area contributed by atoms with Crippen LogP contribution in [0.15, 0.2) is 30.3 Å². The average molecular weight is 314 g/mol. The van der Waals surface area contributed by atoms with E-state index in [9.17, 15) is 0 Å². The van der Waals surface area contributed by atoms with Gasteiger partial charge in [-0.25, -0.2) is 4.98 Å². The topological polar surface area (TPSA) is 50.3 Å². The molecule has 0 amide bonds. The maximum atomic E-state index is 5.64. The lowest BCUT2D eigenvalue weighted by molar-refractivity contribution is 0.342. The van der Waals surface area contributed by atoms with Crippen molar-refractivity contribution in [3.05, 3.63) is 36.0 Å². The number of hydrogen-bond donors (Lipinski definition) is 1. The highest BCUT2D eigenvalue weighted by Crippen LogP contribution is 2.27. The van der Waals surface area contributed by atoms with E-state index in [-0.39, 0.29) is 0 Å². The zero-order chi connectivity index (χ0) is 16.7. The van der Waals surface area contributed by atoms with E-state index < -0.39 is 0 Å². The van der Waals surface area contributed by atoms with Crippen molar-refractivity contribution in [1.82, 2.24) is 9.97 Å². The van der Waals surface area contributed by atoms with Gasteiger partial charge >= 0.3 is 0 Å². The molecule has 5 heteroatoms. The monoisotopic (exact) mass is 314 g/mol. The Bertz CT molecular complexity index is 630. The standard InChI is InChI=1S/C18H26N4O/c1-5-7-12-22(4)17-13-14(3)19-18(21-17)20-15-10-8-9-11-16(15)23-6-2/h8-11,13H,5-7,12H2,1-4H3,(H,19,20,21). The lowest BCUT2D eigenvalue weighted by Gasteiger charge is -2.19. The molecule has 1 aromatic heterocycles. The molecule has 0 aliphatic heterocycles. The van der Waals surface area contributed by atoms with Crippen LogP contribution in [0, 0.1) is 6.92 Å². The molecule has 0 unspecified atom stereocenters. The predicted molar refractivity (Wildman–Crippen MR) is 95.8 cm³/mol. The molecule has 0 saturated carbocycles. The van der Waals surface area contributed by atoms with Crippen molar-refractivity contribution in [2.45, 2.75) is 33.6 Å². The minimum atomic E-state index is 0.593. The van der Waals surface area contributed by atoms with Gasteiger partial charge in [-0.2, -0.15) is 4.98 Å². The maximum Gasteiger partial charge on any atom is 0.229 e. The first-order valence-corrected chi connectivity index (χ1v) is 8.19. The molecule has 0 saturated heterocycles. The molecule has 0 aliphatic rings. The molecule has 1 aromatic carbocycles. The predicted octanol–water partition coefficient (Wildman–Crippen LogP) is 4.16. The van der Waals surface area contributed by atoms with Crippen LogP contribution in [0.4, 0.5) is 17.5 Å². The largest absolute Gasteiger partial charge is 0.492 e. The molecule has 0 spiro atoms. The number of unbranched alkanes of at least 4 members (excludes halogenated alkanes) is 1. The highest BCUT2D eigenvalue weighted by Gasteiger charge is 2.09. The van der Waals surface area contributed by atoms with Gasteiger partial charge in [0.25, 0.3) is 0 Å². The Morgan fingerprint density at radius 2 is 1.96 bits per heavy atom. The van der Waals surface area contributed by atoms with Crippen molar-refractivity contribution >= 4 is 17.5 Å². The van der Waals surface area contributed by atoms with Crippen LogP contribution in [0.2, 0.25) is 0 Å². The second-order valence-electron chi connectivity index (χ2n) is 5.52. The van der Waals surface area contributed by atoms with Crippen molar-refractivity contribution < 1.29 is 4.74 Å². The van der Waals surface area contributed by atoms with Gasteiger partial charge < -0.3 is 15.0 Å². The van der Waals surface area contributed by atoms with Gasteiger partial charge in [0.1, 0.15) is 11.6 Å². The molecule has 0 radical (unpaired) electrons. The Balaban J connectivity index is 2.22. The molecule has 0 aliphatic carbocycles. The number of anilines is 3. The van der Waals surface area contributed by atoms with Gasteiger partial charge in [0, 0.05) is 25.4 Å². The Morgan fingerprint density at radius 3 is 2.70 bits per heavy atom. The first kappa shape index (κ1) is 17.1. The summed E-state index contributed by atoms with van der Waals surface area (Å²) in [6.45, 7) is 7.76. The Kier molecular flexibility index (Phi) is 6.20. The zero-order valence-corrected chi connectivity index (χ0v) is 14.5. The molecular formula is C18H26N4O. The third-order valence-corrected chi connectivity index (χ3v) is 3.51. The van der Waals surface area contributed by atoms with Gasteiger partial charge in [-0.3, -0.25) is 0 Å². The molecule has 1 heterocycles. The lowest BCUT2D eigenvalue weighted by Crippen LogP contribution is -2.20. The van der Waals surface area contributed by atoms with E-state index in [2.05, 4.69) is 34.2 Å². The molecule has 1 N–H and O–H groups in total. The normalized spacial score (nSPS) is 10.4. The number of nitrogens with one attached hydrogen (secondary N) is 1. The summed E-state index contributed by atoms with van der Waals surface area (Å²) in [5.41, 5.74) is 1.82. The molecule has 23 heavy (non-hydrogen) atoms. The number of aryl methyl sites for hydroxylation is 1. The Labute approximate surface area is 138 Å². The minimum absolute atomic E-state index is 0.593. The molecule has 0 atom stereocenters. The van der Waals surface area contributed by atoms with Crippen LogP contribution in [0.5, 0.6) is 5.75 Å². The summed E-state index contributed by atoms with van der Waals surface area (Å²) in [6.07, 6.45) is 2.32. The smallest absolute Gasteiger partial charge is 0.229 e. The van der Waals surface area contributed by atoms with Crippen LogP contribution in [-0.4, -0.2) is 30.2 Å². The van der Waals surface area contributed by atoms with Gasteiger partial charge in [0.05, 0.1) is 12.3 Å². The number of hydrogen-bond acceptors (Lipinski definition) is 5. The van der Waals surface area contributed by atoms with Gasteiger partial charge in [0.2, 0.25) is 5.95 Å². The molecule has 2 aromatic rings. The molecule has 0 fully saturated rings. The van der Waals surface area contributed by atoms with Crippen LogP contribution < -0.4 is 15.0 Å². The van der Waals surface area contributed by atoms with Crippen LogP contribution in [-0.2, 0) is 0 Å². The highest BCUT2D eigenvalue weighted by atomic mass is 16.5. The lowest BCUT2D eigenvalue weighted by atomic mass is 10.3. The van der Waals surface area contributed by atoms with E-state index in [1.165, 1.54) is 6.42 Å². The number of ether oxygens (including phenoxy) is 1. The summed E-state index contributed by atoms with van der Waals surface area (Å²) >= 11 is 0. The van der Waals surface area contributed by atoms with Crippen LogP contribution in [0.25, 0.3) is 0 Å². The molecule has 5 nitrogen and oxygen atoms in total. The van der Waals surface area contributed by atoms with E-state index in [1.54, 1.807) is 0 Å². The summed E-state index contributed by atoms with van der Waals surface area (Å²) in [5.74, 6) is 2.33. The summed E-state index contributed by atoms with van der Waals surface area (Å²) in [5, 5.41) is 3.28. The van der Waals surface area contributed by atoms with E-state index in [0.29, 0.717) is 12.6 Å². The third kappa shape index (κ3) is 4.84. The first-order valence-electron chi connectivity index (χ1n) is 8.19. The quantitative estimate of drug-likeness (QED) is 0.792. The molecule has 2 rings (SSSR count). The Hall–Kier alpha value is -2.30. The summed E-state index contributed by atoms with van der Waals surface area (Å²) in [7, 11) is 2.06. The van der Waals surface area contributed by atoms with E-state index >= 15 is 0 Å². The van der Waals surface area contributed by atoms with Crippen LogP contribution in [0.3, 0.4) is 0 Å². The average Bonchev–Trinajstić information content (AvgIpc) is 2.54. The van der Waals surface area contributed by atoms with Gasteiger partial charge in [0.15, 0.2) is 0 Å². The van der Waals surface area contributed by atoms with E-state index in [0.717, 1.165) is 35.9 Å². The summed E-state index contributed by atoms with van der Waals surface area (Å²) < 4.78 is 5.64. The van der Waals surface area contributed by atoms with Crippen molar-refractivity contribution in [2.75, 3.05) is 30.4 Å². The number of nitrogens with zero attached hydrogens (tertiary/aromatic N) is 3. The van der Waals surface area contributed by atoms with Gasteiger partial charge in [-0.1, -0.05) is 25.5 Å². The highest BCUT2D eigenvalue weighted by molar-refractivity contribution is 5.63. The van der Waals surface area contributed by atoms with E-state index in [1.807, 2.05) is 44.2 Å². The van der Waals surface area contributed by atoms with E-state index in [4.69, 9.17) is 4.74 Å². The van der Waals surface area contributed by atoms with Gasteiger partial charge in [-0.05, 0) is 32.4 Å². The fourth-order valence-corrected chi connectivity index (χ4v) is 2.28. The van der Waals surface area contributed by atoms with Crippen LogP contribution in [0.1, 0.15) is 32.4 Å². The maximum absolute atomic E-state index is 5.64. The second kappa shape index (κ2) is 8.36. The minimum Gasteiger partial charge on any atom is -0.492 e. The number of rotatable bonds is 8. The SMILES string of the molecule is CCCCN(C)c1cc(C)nc(Nc2ccccc2OCC)n1. The number of aromatic nitrogens is 2. The zero-order valence-electron chi connectivity index (χ0n) is 14.5. The molecular weight excluding hydrogens is 288 g/mol. The third-order valence-electron chi connectivity index (χ3n) is 3.51. The fraction of sp³-hybridized carbons (Fsp3) is 0.444. The van der Waals surface area contributed by atoms with Crippen molar-refractivity contribution in [1.29, 1.82) is 0 Å². The van der Waals surface area contributed by atoms with Crippen LogP contribution >= 0.6 is 0 Å². The Morgan fingerprint density at radius 1 is 1.17 bits per heavy atom. The molecule has 0 bridgehead atoms. The van der Waals surface area contributed by atoms with Crippen molar-refractivity contribution in [3.8, 4) is 5.75 Å². The van der Waals surface area contributed by atoms with Gasteiger partial charge in [-0.15, -0.1) is 0 Å². The summed E-state index contributed by atoms with van der Waals surface area (Å²) in [4.78, 5) is 11.3. The number of benzene rings is 1.